The lowest BCUT2D eigenvalue weighted by atomic mass is 9.87. The molecule has 0 aromatic heterocycles. The molecule has 0 unspecified atom stereocenters. The van der Waals surface area contributed by atoms with Crippen LogP contribution in [-0.2, 0) is 14.3 Å². The van der Waals surface area contributed by atoms with Gasteiger partial charge in [-0.25, -0.2) is 8.78 Å². The summed E-state index contributed by atoms with van der Waals surface area (Å²) in [7, 11) is 2.40. The normalized spacial score (nSPS) is 21.5. The van der Waals surface area contributed by atoms with Crippen LogP contribution in [0.3, 0.4) is 0 Å². The van der Waals surface area contributed by atoms with Crippen LogP contribution in [0.25, 0.3) is 0 Å². The van der Waals surface area contributed by atoms with Crippen molar-refractivity contribution < 1.29 is 27.8 Å². The van der Waals surface area contributed by atoms with E-state index in [-0.39, 0.29) is 17.9 Å². The zero-order valence-electron chi connectivity index (χ0n) is 10.9. The molecule has 1 aromatic carbocycles. The van der Waals surface area contributed by atoms with Crippen molar-refractivity contribution in [2.45, 2.75) is 5.92 Å². The Hall–Kier alpha value is -2.18. The molecule has 0 saturated carbocycles. The maximum absolute atomic E-state index is 14.0. The van der Waals surface area contributed by atoms with Crippen molar-refractivity contribution in [3.05, 3.63) is 29.3 Å². The Morgan fingerprint density at radius 1 is 1.30 bits per heavy atom. The van der Waals surface area contributed by atoms with E-state index in [1.807, 2.05) is 0 Å². The molecule has 1 aromatic rings. The number of halogens is 2. The predicted octanol–water partition coefficient (Wildman–Crippen LogP) is 0.976. The van der Waals surface area contributed by atoms with Crippen molar-refractivity contribution in [1.82, 2.24) is 5.32 Å². The third kappa shape index (κ3) is 2.31. The average Bonchev–Trinajstić information content (AvgIpc) is 2.78. The van der Waals surface area contributed by atoms with E-state index in [1.54, 1.807) is 0 Å². The van der Waals surface area contributed by atoms with Crippen LogP contribution in [0.1, 0.15) is 11.5 Å². The van der Waals surface area contributed by atoms with Gasteiger partial charge in [0, 0.05) is 30.2 Å². The van der Waals surface area contributed by atoms with Crippen molar-refractivity contribution in [3.63, 3.8) is 0 Å². The number of esters is 1. The van der Waals surface area contributed by atoms with Gasteiger partial charge in [-0.1, -0.05) is 0 Å². The molecule has 1 N–H and O–H groups in total. The van der Waals surface area contributed by atoms with E-state index < -0.39 is 35.3 Å². The Labute approximate surface area is 113 Å². The van der Waals surface area contributed by atoms with Gasteiger partial charge in [0.2, 0.25) is 5.91 Å². The van der Waals surface area contributed by atoms with Gasteiger partial charge >= 0.3 is 5.97 Å². The summed E-state index contributed by atoms with van der Waals surface area (Å²) in [6.45, 7) is -0.0290. The summed E-state index contributed by atoms with van der Waals surface area (Å²) in [4.78, 5) is 23.2. The zero-order valence-corrected chi connectivity index (χ0v) is 10.9. The molecule has 1 aliphatic heterocycles. The first-order valence-electron chi connectivity index (χ1n) is 5.88. The minimum Gasteiger partial charge on any atom is -0.497 e. The molecular formula is C13H13F2NO4. The zero-order chi connectivity index (χ0) is 14.9. The van der Waals surface area contributed by atoms with Gasteiger partial charge in [0.15, 0.2) is 0 Å². The second-order valence-corrected chi connectivity index (χ2v) is 4.36. The maximum Gasteiger partial charge on any atom is 0.318 e. The monoisotopic (exact) mass is 285 g/mol. The molecule has 1 amide bonds. The first kappa shape index (κ1) is 14.2. The van der Waals surface area contributed by atoms with Crippen LogP contribution in [-0.4, -0.2) is 32.6 Å². The van der Waals surface area contributed by atoms with E-state index in [4.69, 9.17) is 4.74 Å². The third-order valence-electron chi connectivity index (χ3n) is 3.30. The van der Waals surface area contributed by atoms with Crippen LogP contribution in [0, 0.1) is 17.6 Å². The Morgan fingerprint density at radius 3 is 2.40 bits per heavy atom. The summed E-state index contributed by atoms with van der Waals surface area (Å²) in [5, 5.41) is 2.41. The smallest absolute Gasteiger partial charge is 0.318 e. The van der Waals surface area contributed by atoms with Crippen LogP contribution in [0.5, 0.6) is 5.75 Å². The van der Waals surface area contributed by atoms with Crippen molar-refractivity contribution in [2.75, 3.05) is 20.8 Å². The van der Waals surface area contributed by atoms with E-state index in [9.17, 15) is 18.4 Å². The Bertz CT molecular complexity index is 538. The fraction of sp³-hybridized carbons (Fsp3) is 0.385. The van der Waals surface area contributed by atoms with Gasteiger partial charge in [-0.2, -0.15) is 0 Å². The summed E-state index contributed by atoms with van der Waals surface area (Å²) in [6.07, 6.45) is 0. The quantitative estimate of drug-likeness (QED) is 0.664. The molecule has 2 rings (SSSR count). The minimum atomic E-state index is -1.25. The molecule has 0 aliphatic carbocycles. The number of nitrogens with one attached hydrogen (secondary N) is 1. The lowest BCUT2D eigenvalue weighted by Gasteiger charge is -2.17. The number of rotatable bonds is 3. The number of methoxy groups -OCH3 is 2. The van der Waals surface area contributed by atoms with Crippen molar-refractivity contribution >= 4 is 11.9 Å². The number of ether oxygens (including phenoxy) is 2. The summed E-state index contributed by atoms with van der Waals surface area (Å²) in [6, 6.07) is 2.02. The number of carbonyl (C=O) groups is 2. The van der Waals surface area contributed by atoms with Crippen LogP contribution in [0.2, 0.25) is 0 Å². The van der Waals surface area contributed by atoms with Gasteiger partial charge in [-0.15, -0.1) is 0 Å². The lowest BCUT2D eigenvalue weighted by molar-refractivity contribution is -0.149. The molecule has 1 fully saturated rings. The van der Waals surface area contributed by atoms with Gasteiger partial charge in [0.25, 0.3) is 0 Å². The standard InChI is InChI=1S/C13H13F2NO4/c1-19-6-3-8(14)10(9(15)4-6)7-5-16-12(17)11(7)13(18)20-2/h3-4,7,11H,5H2,1-2H3,(H,16,17)/t7-,11+/m1/s1. The Balaban J connectivity index is 2.45. The van der Waals surface area contributed by atoms with Gasteiger partial charge in [0.05, 0.1) is 14.2 Å². The average molecular weight is 285 g/mol. The Kier molecular flexibility index (Phi) is 3.87. The summed E-state index contributed by atoms with van der Waals surface area (Å²) in [5.74, 6) is -5.32. The molecule has 5 nitrogen and oxygen atoms in total. The highest BCUT2D eigenvalue weighted by molar-refractivity contribution is 6.00. The van der Waals surface area contributed by atoms with Crippen LogP contribution < -0.4 is 10.1 Å². The second-order valence-electron chi connectivity index (χ2n) is 4.36. The van der Waals surface area contributed by atoms with Crippen LogP contribution >= 0.6 is 0 Å². The van der Waals surface area contributed by atoms with Crippen molar-refractivity contribution in [1.29, 1.82) is 0 Å². The summed E-state index contributed by atoms with van der Waals surface area (Å²) < 4.78 is 37.3. The number of benzene rings is 1. The largest absolute Gasteiger partial charge is 0.497 e. The molecule has 1 saturated heterocycles. The molecular weight excluding hydrogens is 272 g/mol. The molecule has 0 bridgehead atoms. The highest BCUT2D eigenvalue weighted by Gasteiger charge is 2.44. The Morgan fingerprint density at radius 2 is 1.90 bits per heavy atom. The lowest BCUT2D eigenvalue weighted by Crippen LogP contribution is -2.28. The molecule has 2 atom stereocenters. The molecule has 1 heterocycles. The topological polar surface area (TPSA) is 64.6 Å². The van der Waals surface area contributed by atoms with E-state index in [0.29, 0.717) is 0 Å². The first-order valence-corrected chi connectivity index (χ1v) is 5.88. The van der Waals surface area contributed by atoms with Gasteiger partial charge in [-0.3, -0.25) is 9.59 Å². The highest BCUT2D eigenvalue weighted by atomic mass is 19.1. The van der Waals surface area contributed by atoms with Crippen molar-refractivity contribution in [3.8, 4) is 5.75 Å². The van der Waals surface area contributed by atoms with E-state index in [0.717, 1.165) is 19.2 Å². The van der Waals surface area contributed by atoms with E-state index in [2.05, 4.69) is 10.1 Å². The number of amides is 1. The molecule has 7 heteroatoms. The SMILES string of the molecule is COC(=O)[C@@H]1C(=O)NC[C@@H]1c1c(F)cc(OC)cc1F. The number of hydrogen-bond donors (Lipinski definition) is 1. The third-order valence-corrected chi connectivity index (χ3v) is 3.30. The molecule has 108 valence electrons. The number of hydrogen-bond acceptors (Lipinski definition) is 4. The highest BCUT2D eigenvalue weighted by Crippen LogP contribution is 2.35. The fourth-order valence-electron chi connectivity index (χ4n) is 2.32. The number of carbonyl (C=O) groups excluding carboxylic acids is 2. The van der Waals surface area contributed by atoms with Crippen molar-refractivity contribution in [2.24, 2.45) is 5.92 Å². The first-order chi connectivity index (χ1) is 9.49. The summed E-state index contributed by atoms with van der Waals surface area (Å²) >= 11 is 0. The van der Waals surface area contributed by atoms with Crippen LogP contribution in [0.4, 0.5) is 8.78 Å². The van der Waals surface area contributed by atoms with Gasteiger partial charge < -0.3 is 14.8 Å². The molecule has 0 spiro atoms. The molecule has 20 heavy (non-hydrogen) atoms. The predicted molar refractivity (Wildman–Crippen MR) is 64.2 cm³/mol. The van der Waals surface area contributed by atoms with Gasteiger partial charge in [-0.05, 0) is 0 Å². The second kappa shape index (κ2) is 5.44. The molecule has 1 aliphatic rings. The molecule has 0 radical (unpaired) electrons. The summed E-state index contributed by atoms with van der Waals surface area (Å²) in [5.41, 5.74) is -0.320. The van der Waals surface area contributed by atoms with Gasteiger partial charge in [0.1, 0.15) is 23.3 Å². The fourth-order valence-corrected chi connectivity index (χ4v) is 2.32. The van der Waals surface area contributed by atoms with E-state index in [1.165, 1.54) is 7.11 Å². The van der Waals surface area contributed by atoms with E-state index >= 15 is 0 Å². The maximum atomic E-state index is 14.0. The van der Waals surface area contributed by atoms with Crippen LogP contribution in [0.15, 0.2) is 12.1 Å². The minimum absolute atomic E-state index is 0.0238.